The first-order chi connectivity index (χ1) is 8.60. The molecule has 96 valence electrons. The topological polar surface area (TPSA) is 38.0 Å². The van der Waals surface area contributed by atoms with Crippen molar-refractivity contribution in [2.75, 3.05) is 0 Å². The highest BCUT2D eigenvalue weighted by atomic mass is 35.5. The van der Waals surface area contributed by atoms with Gasteiger partial charge in [0.2, 0.25) is 0 Å². The van der Waals surface area contributed by atoms with Gasteiger partial charge in [-0.15, -0.1) is 0 Å². The monoisotopic (exact) mass is 264 g/mol. The van der Waals surface area contributed by atoms with Crippen LogP contribution in [0.15, 0.2) is 30.3 Å². The van der Waals surface area contributed by atoms with E-state index in [0.717, 1.165) is 23.4 Å². The quantitative estimate of drug-likeness (QED) is 0.922. The summed E-state index contributed by atoms with van der Waals surface area (Å²) in [4.78, 5) is 0. The number of benzene rings is 1. The van der Waals surface area contributed by atoms with Gasteiger partial charge in [-0.3, -0.25) is 4.68 Å². The molecule has 0 fully saturated rings. The molecule has 1 unspecified atom stereocenters. The van der Waals surface area contributed by atoms with Crippen molar-refractivity contribution in [3.63, 3.8) is 0 Å². The van der Waals surface area contributed by atoms with Gasteiger partial charge in [-0.25, -0.2) is 0 Å². The van der Waals surface area contributed by atoms with Crippen molar-refractivity contribution >= 4 is 11.6 Å². The van der Waals surface area contributed by atoms with E-state index in [0.29, 0.717) is 11.4 Å². The van der Waals surface area contributed by atoms with Crippen LogP contribution in [0.3, 0.4) is 0 Å². The number of rotatable bonds is 4. The molecule has 0 radical (unpaired) electrons. The molecule has 0 bridgehead atoms. The van der Waals surface area contributed by atoms with Crippen LogP contribution in [0.5, 0.6) is 0 Å². The van der Waals surface area contributed by atoms with Gasteiger partial charge in [0.25, 0.3) is 0 Å². The van der Waals surface area contributed by atoms with Gasteiger partial charge in [0.1, 0.15) is 0 Å². The van der Waals surface area contributed by atoms with Crippen molar-refractivity contribution in [2.45, 2.75) is 25.9 Å². The Kier molecular flexibility index (Phi) is 4.04. The number of aryl methyl sites for hydroxylation is 2. The number of aliphatic hydroxyl groups is 1. The first-order valence-electron chi connectivity index (χ1n) is 6.05. The molecule has 0 aliphatic carbocycles. The summed E-state index contributed by atoms with van der Waals surface area (Å²) >= 11 is 5.92. The van der Waals surface area contributed by atoms with Crippen LogP contribution >= 0.6 is 11.6 Å². The summed E-state index contributed by atoms with van der Waals surface area (Å²) in [5.41, 5.74) is 2.91. The van der Waals surface area contributed by atoms with E-state index in [9.17, 15) is 5.11 Å². The fraction of sp³-hybridized carbons (Fsp3) is 0.357. The minimum atomic E-state index is -0.552. The molecule has 2 rings (SSSR count). The molecule has 0 aliphatic heterocycles. The summed E-state index contributed by atoms with van der Waals surface area (Å²) in [6, 6.07) is 9.36. The standard InChI is InChI=1S/C14H17ClN2O/c1-3-12-8-13(17(2)16-12)9-14(18)10-5-4-6-11(15)7-10/h4-8,14,18H,3,9H2,1-2H3. The van der Waals surface area contributed by atoms with E-state index in [2.05, 4.69) is 12.0 Å². The van der Waals surface area contributed by atoms with E-state index in [-0.39, 0.29) is 0 Å². The summed E-state index contributed by atoms with van der Waals surface area (Å²) in [7, 11) is 1.90. The third kappa shape index (κ3) is 2.92. The Balaban J connectivity index is 2.15. The fourth-order valence-corrected chi connectivity index (χ4v) is 2.16. The minimum Gasteiger partial charge on any atom is -0.388 e. The van der Waals surface area contributed by atoms with Gasteiger partial charge in [0, 0.05) is 24.2 Å². The maximum absolute atomic E-state index is 10.2. The van der Waals surface area contributed by atoms with Crippen LogP contribution in [0.2, 0.25) is 5.02 Å². The molecule has 18 heavy (non-hydrogen) atoms. The second-order valence-electron chi connectivity index (χ2n) is 4.38. The van der Waals surface area contributed by atoms with Crippen LogP contribution in [0.1, 0.15) is 30.0 Å². The van der Waals surface area contributed by atoms with Gasteiger partial charge < -0.3 is 5.11 Å². The van der Waals surface area contributed by atoms with Gasteiger partial charge in [-0.05, 0) is 30.2 Å². The molecule has 1 aromatic heterocycles. The van der Waals surface area contributed by atoms with E-state index >= 15 is 0 Å². The average molecular weight is 265 g/mol. The number of hydrogen-bond donors (Lipinski definition) is 1. The molecular weight excluding hydrogens is 248 g/mol. The lowest BCUT2D eigenvalue weighted by molar-refractivity contribution is 0.176. The fourth-order valence-electron chi connectivity index (χ4n) is 1.97. The highest BCUT2D eigenvalue weighted by Gasteiger charge is 2.12. The third-order valence-corrected chi connectivity index (χ3v) is 3.26. The normalized spacial score (nSPS) is 12.7. The van der Waals surface area contributed by atoms with Crippen molar-refractivity contribution in [2.24, 2.45) is 7.05 Å². The summed E-state index contributed by atoms with van der Waals surface area (Å²) in [6.45, 7) is 2.07. The third-order valence-electron chi connectivity index (χ3n) is 3.03. The van der Waals surface area contributed by atoms with Gasteiger partial charge in [-0.1, -0.05) is 30.7 Å². The zero-order chi connectivity index (χ0) is 13.1. The number of aliphatic hydroxyl groups excluding tert-OH is 1. The largest absolute Gasteiger partial charge is 0.388 e. The van der Waals surface area contributed by atoms with E-state index in [1.807, 2.05) is 29.9 Å². The number of hydrogen-bond acceptors (Lipinski definition) is 2. The predicted molar refractivity (Wildman–Crippen MR) is 72.7 cm³/mol. The lowest BCUT2D eigenvalue weighted by Crippen LogP contribution is -2.06. The molecule has 1 atom stereocenters. The van der Waals surface area contributed by atoms with Crippen LogP contribution in [0.25, 0.3) is 0 Å². The molecule has 4 heteroatoms. The van der Waals surface area contributed by atoms with Crippen LogP contribution in [-0.2, 0) is 19.9 Å². The summed E-state index contributed by atoms with van der Waals surface area (Å²) < 4.78 is 1.83. The van der Waals surface area contributed by atoms with Crippen LogP contribution in [0, 0.1) is 0 Å². The zero-order valence-electron chi connectivity index (χ0n) is 10.6. The van der Waals surface area contributed by atoms with Crippen LogP contribution < -0.4 is 0 Å². The molecule has 0 aliphatic rings. The predicted octanol–water partition coefficient (Wildman–Crippen LogP) is 2.91. The van der Waals surface area contributed by atoms with Crippen molar-refractivity contribution in [3.05, 3.63) is 52.3 Å². The summed E-state index contributed by atoms with van der Waals surface area (Å²) in [6.07, 6.45) is 0.897. The Bertz CT molecular complexity index is 536. The van der Waals surface area contributed by atoms with Crippen molar-refractivity contribution in [1.29, 1.82) is 0 Å². The number of nitrogens with zero attached hydrogens (tertiary/aromatic N) is 2. The Hall–Kier alpha value is -1.32. The average Bonchev–Trinajstić information content (AvgIpc) is 2.70. The van der Waals surface area contributed by atoms with E-state index in [4.69, 9.17) is 11.6 Å². The van der Waals surface area contributed by atoms with Crippen molar-refractivity contribution in [3.8, 4) is 0 Å². The molecular formula is C14H17ClN2O. The van der Waals surface area contributed by atoms with Gasteiger partial charge in [0.05, 0.1) is 11.8 Å². The maximum Gasteiger partial charge on any atom is 0.0845 e. The zero-order valence-corrected chi connectivity index (χ0v) is 11.4. The van der Waals surface area contributed by atoms with Crippen LogP contribution in [-0.4, -0.2) is 14.9 Å². The first-order valence-corrected chi connectivity index (χ1v) is 6.43. The van der Waals surface area contributed by atoms with Crippen LogP contribution in [0.4, 0.5) is 0 Å². The minimum absolute atomic E-state index is 0.545. The molecule has 0 spiro atoms. The first kappa shape index (κ1) is 13.1. The van der Waals surface area contributed by atoms with Gasteiger partial charge in [0.15, 0.2) is 0 Å². The summed E-state index contributed by atoms with van der Waals surface area (Å²) in [5.74, 6) is 0. The lowest BCUT2D eigenvalue weighted by Gasteiger charge is -2.11. The van der Waals surface area contributed by atoms with E-state index in [1.165, 1.54) is 0 Å². The lowest BCUT2D eigenvalue weighted by atomic mass is 10.0. The molecule has 1 N–H and O–H groups in total. The SMILES string of the molecule is CCc1cc(CC(O)c2cccc(Cl)c2)n(C)n1. The Morgan fingerprint density at radius 1 is 1.39 bits per heavy atom. The smallest absolute Gasteiger partial charge is 0.0845 e. The highest BCUT2D eigenvalue weighted by Crippen LogP contribution is 2.21. The van der Waals surface area contributed by atoms with Gasteiger partial charge >= 0.3 is 0 Å². The Morgan fingerprint density at radius 2 is 2.17 bits per heavy atom. The Morgan fingerprint density at radius 3 is 2.78 bits per heavy atom. The highest BCUT2D eigenvalue weighted by molar-refractivity contribution is 6.30. The van der Waals surface area contributed by atoms with Crippen molar-refractivity contribution < 1.29 is 5.11 Å². The molecule has 1 heterocycles. The number of aromatic nitrogens is 2. The van der Waals surface area contributed by atoms with E-state index < -0.39 is 6.10 Å². The van der Waals surface area contributed by atoms with Gasteiger partial charge in [-0.2, -0.15) is 5.10 Å². The molecule has 0 saturated heterocycles. The second-order valence-corrected chi connectivity index (χ2v) is 4.82. The number of halogens is 1. The van der Waals surface area contributed by atoms with E-state index in [1.54, 1.807) is 12.1 Å². The maximum atomic E-state index is 10.2. The molecule has 3 nitrogen and oxygen atoms in total. The summed E-state index contributed by atoms with van der Waals surface area (Å²) in [5, 5.41) is 15.2. The molecule has 0 amide bonds. The second kappa shape index (κ2) is 5.55. The van der Waals surface area contributed by atoms with Crippen molar-refractivity contribution in [1.82, 2.24) is 9.78 Å². The Labute approximate surface area is 112 Å². The molecule has 2 aromatic rings. The molecule has 0 saturated carbocycles. The molecule has 1 aromatic carbocycles.